The van der Waals surface area contributed by atoms with E-state index in [1.807, 2.05) is 42.5 Å². The van der Waals surface area contributed by atoms with E-state index >= 15 is 0 Å². The molecule has 134 valence electrons. The van der Waals surface area contributed by atoms with Crippen molar-refractivity contribution in [1.29, 1.82) is 0 Å². The quantitative estimate of drug-likeness (QED) is 0.553. The highest BCUT2D eigenvalue weighted by Gasteiger charge is 2.22. The fourth-order valence-electron chi connectivity index (χ4n) is 2.57. The zero-order chi connectivity index (χ0) is 18.1. The predicted octanol–water partition coefficient (Wildman–Crippen LogP) is 1.70. The van der Waals surface area contributed by atoms with Crippen molar-refractivity contribution in [2.75, 3.05) is 34.0 Å². The van der Waals surface area contributed by atoms with Gasteiger partial charge in [-0.05, 0) is 16.3 Å². The van der Waals surface area contributed by atoms with E-state index < -0.39 is 12.0 Å². The zero-order valence-electron chi connectivity index (χ0n) is 14.5. The van der Waals surface area contributed by atoms with Crippen molar-refractivity contribution < 1.29 is 23.8 Å². The molecule has 0 fully saturated rings. The van der Waals surface area contributed by atoms with E-state index in [0.29, 0.717) is 19.6 Å². The van der Waals surface area contributed by atoms with Gasteiger partial charge in [0.25, 0.3) is 0 Å². The highest BCUT2D eigenvalue weighted by Crippen LogP contribution is 2.20. The first-order valence-corrected chi connectivity index (χ1v) is 8.06. The second-order valence-electron chi connectivity index (χ2n) is 5.53. The number of ether oxygens (including phenoxy) is 3. The first-order chi connectivity index (χ1) is 12.2. The maximum absolute atomic E-state index is 12.1. The van der Waals surface area contributed by atoms with Gasteiger partial charge in [0.05, 0.1) is 20.3 Å². The van der Waals surface area contributed by atoms with Crippen LogP contribution in [0.3, 0.4) is 0 Å². The number of carbonyl (C=O) groups excluding carboxylic acids is 2. The van der Waals surface area contributed by atoms with E-state index in [2.05, 4.69) is 5.32 Å². The smallest absolute Gasteiger partial charge is 0.328 e. The molecule has 1 amide bonds. The molecule has 2 aromatic rings. The second-order valence-corrected chi connectivity index (χ2v) is 5.53. The average molecular weight is 345 g/mol. The SMILES string of the molecule is COCCOCC(=O)N[C@H](Cc1cccc2ccccc12)C(=O)OC. The summed E-state index contributed by atoms with van der Waals surface area (Å²) >= 11 is 0. The second kappa shape index (κ2) is 9.76. The van der Waals surface area contributed by atoms with Crippen LogP contribution in [0.15, 0.2) is 42.5 Å². The van der Waals surface area contributed by atoms with Crippen LogP contribution >= 0.6 is 0 Å². The van der Waals surface area contributed by atoms with Crippen molar-refractivity contribution in [3.05, 3.63) is 48.0 Å². The summed E-state index contributed by atoms with van der Waals surface area (Å²) < 4.78 is 14.9. The van der Waals surface area contributed by atoms with E-state index in [1.54, 1.807) is 7.11 Å². The van der Waals surface area contributed by atoms with Crippen LogP contribution in [0.4, 0.5) is 0 Å². The normalized spacial score (nSPS) is 11.9. The standard InChI is InChI=1S/C19H23NO5/c1-23-10-11-25-13-18(21)20-17(19(22)24-2)12-15-8-5-7-14-6-3-4-9-16(14)15/h3-9,17H,10-13H2,1-2H3,(H,20,21)/t17-/m1/s1. The summed E-state index contributed by atoms with van der Waals surface area (Å²) in [6, 6.07) is 13.0. The number of benzene rings is 2. The molecule has 6 nitrogen and oxygen atoms in total. The van der Waals surface area contributed by atoms with Crippen molar-refractivity contribution in [3.63, 3.8) is 0 Å². The molecule has 0 aliphatic rings. The van der Waals surface area contributed by atoms with Crippen LogP contribution in [-0.2, 0) is 30.2 Å². The molecule has 1 atom stereocenters. The minimum Gasteiger partial charge on any atom is -0.467 e. The molecule has 0 aromatic heterocycles. The molecule has 0 saturated carbocycles. The molecule has 0 unspecified atom stereocenters. The molecular formula is C19H23NO5. The Hall–Kier alpha value is -2.44. The van der Waals surface area contributed by atoms with Gasteiger partial charge >= 0.3 is 5.97 Å². The summed E-state index contributed by atoms with van der Waals surface area (Å²) in [5, 5.41) is 4.81. The molecule has 6 heteroatoms. The summed E-state index contributed by atoms with van der Waals surface area (Å²) in [6.07, 6.45) is 0.345. The van der Waals surface area contributed by atoms with E-state index in [4.69, 9.17) is 14.2 Å². The Morgan fingerprint density at radius 1 is 1.04 bits per heavy atom. The zero-order valence-corrected chi connectivity index (χ0v) is 14.5. The van der Waals surface area contributed by atoms with Crippen molar-refractivity contribution in [2.45, 2.75) is 12.5 Å². The van der Waals surface area contributed by atoms with Crippen LogP contribution in [0, 0.1) is 0 Å². The van der Waals surface area contributed by atoms with E-state index in [1.165, 1.54) is 7.11 Å². The molecular weight excluding hydrogens is 322 g/mol. The van der Waals surface area contributed by atoms with Crippen LogP contribution in [0.5, 0.6) is 0 Å². The Morgan fingerprint density at radius 2 is 1.80 bits per heavy atom. The topological polar surface area (TPSA) is 73.9 Å². The van der Waals surface area contributed by atoms with Crippen LogP contribution in [0.1, 0.15) is 5.56 Å². The molecule has 0 saturated heterocycles. The van der Waals surface area contributed by atoms with Gasteiger partial charge in [-0.25, -0.2) is 4.79 Å². The monoisotopic (exact) mass is 345 g/mol. The first kappa shape index (κ1) is 18.9. The molecule has 25 heavy (non-hydrogen) atoms. The number of methoxy groups -OCH3 is 2. The maximum atomic E-state index is 12.1. The number of esters is 1. The largest absolute Gasteiger partial charge is 0.467 e. The van der Waals surface area contributed by atoms with Gasteiger partial charge in [0.15, 0.2) is 0 Å². The van der Waals surface area contributed by atoms with Crippen molar-refractivity contribution in [2.24, 2.45) is 0 Å². The van der Waals surface area contributed by atoms with Crippen LogP contribution < -0.4 is 5.32 Å². The van der Waals surface area contributed by atoms with Crippen LogP contribution in [-0.4, -0.2) is 52.0 Å². The summed E-state index contributed by atoms with van der Waals surface area (Å²) in [4.78, 5) is 24.1. The van der Waals surface area contributed by atoms with Gasteiger partial charge in [0, 0.05) is 13.5 Å². The minimum atomic E-state index is -0.769. The van der Waals surface area contributed by atoms with E-state index in [0.717, 1.165) is 16.3 Å². The Labute approximate surface area is 147 Å². The molecule has 0 spiro atoms. The number of rotatable bonds is 9. The lowest BCUT2D eigenvalue weighted by Gasteiger charge is -2.17. The summed E-state index contributed by atoms with van der Waals surface area (Å²) in [7, 11) is 2.86. The fraction of sp³-hybridized carbons (Fsp3) is 0.368. The highest BCUT2D eigenvalue weighted by atomic mass is 16.5. The van der Waals surface area contributed by atoms with Crippen molar-refractivity contribution in [3.8, 4) is 0 Å². The lowest BCUT2D eigenvalue weighted by Crippen LogP contribution is -2.44. The number of hydrogen-bond acceptors (Lipinski definition) is 5. The van der Waals surface area contributed by atoms with Gasteiger partial charge in [-0.1, -0.05) is 42.5 Å². The summed E-state index contributed by atoms with van der Waals surface area (Å²) in [5.41, 5.74) is 0.967. The Bertz CT molecular complexity index is 711. The molecule has 0 bridgehead atoms. The predicted molar refractivity (Wildman–Crippen MR) is 94.3 cm³/mol. The number of nitrogens with one attached hydrogen (secondary N) is 1. The molecule has 2 rings (SSSR count). The average Bonchev–Trinajstić information content (AvgIpc) is 2.64. The fourth-order valence-corrected chi connectivity index (χ4v) is 2.57. The van der Waals surface area contributed by atoms with Gasteiger partial charge in [-0.2, -0.15) is 0 Å². The van der Waals surface area contributed by atoms with Gasteiger partial charge < -0.3 is 19.5 Å². The Balaban J connectivity index is 2.07. The number of fused-ring (bicyclic) bond motifs is 1. The molecule has 2 aromatic carbocycles. The molecule has 0 heterocycles. The minimum absolute atomic E-state index is 0.133. The van der Waals surface area contributed by atoms with Gasteiger partial charge in [0.2, 0.25) is 5.91 Å². The first-order valence-electron chi connectivity index (χ1n) is 8.06. The molecule has 0 aliphatic carbocycles. The van der Waals surface area contributed by atoms with Crippen molar-refractivity contribution >= 4 is 22.6 Å². The van der Waals surface area contributed by atoms with Gasteiger partial charge in [-0.15, -0.1) is 0 Å². The third-order valence-electron chi connectivity index (χ3n) is 3.79. The van der Waals surface area contributed by atoms with Gasteiger partial charge in [-0.3, -0.25) is 4.79 Å². The lowest BCUT2D eigenvalue weighted by molar-refractivity contribution is -0.145. The summed E-state index contributed by atoms with van der Waals surface area (Å²) in [5.74, 6) is -0.857. The third-order valence-corrected chi connectivity index (χ3v) is 3.79. The lowest BCUT2D eigenvalue weighted by atomic mass is 9.99. The third kappa shape index (κ3) is 5.55. The summed E-state index contributed by atoms with van der Waals surface area (Å²) in [6.45, 7) is 0.590. The molecule has 0 radical (unpaired) electrons. The number of amides is 1. The maximum Gasteiger partial charge on any atom is 0.328 e. The number of carbonyl (C=O) groups is 2. The van der Waals surface area contributed by atoms with Crippen LogP contribution in [0.25, 0.3) is 10.8 Å². The van der Waals surface area contributed by atoms with Crippen molar-refractivity contribution in [1.82, 2.24) is 5.32 Å². The number of hydrogen-bond donors (Lipinski definition) is 1. The highest BCUT2D eigenvalue weighted by molar-refractivity contribution is 5.88. The van der Waals surface area contributed by atoms with E-state index in [-0.39, 0.29) is 12.5 Å². The van der Waals surface area contributed by atoms with E-state index in [9.17, 15) is 9.59 Å². The molecule has 1 N–H and O–H groups in total. The Morgan fingerprint density at radius 3 is 2.56 bits per heavy atom. The van der Waals surface area contributed by atoms with Crippen LogP contribution in [0.2, 0.25) is 0 Å². The van der Waals surface area contributed by atoms with Gasteiger partial charge in [0.1, 0.15) is 12.6 Å². The molecule has 0 aliphatic heterocycles. The Kier molecular flexibility index (Phi) is 7.37.